The first-order valence-electron chi connectivity index (χ1n) is 8.96. The smallest absolute Gasteiger partial charge is 0.310 e. The minimum Gasteiger partial charge on any atom is -0.455 e. The SMILES string of the molecule is CC(C)(O)C(C)(C)OBc1cc2ccccc2c2oc3ccccc3c12. The highest BCUT2D eigenvalue weighted by Gasteiger charge is 2.36. The molecular weight excluding hydrogens is 323 g/mol. The average Bonchev–Trinajstić information content (AvgIpc) is 2.99. The van der Waals surface area contributed by atoms with Crippen LogP contribution in [0, 0.1) is 0 Å². The lowest BCUT2D eigenvalue weighted by molar-refractivity contribution is -0.0893. The average molecular weight is 346 g/mol. The molecule has 0 aliphatic rings. The topological polar surface area (TPSA) is 42.6 Å². The molecule has 0 radical (unpaired) electrons. The van der Waals surface area contributed by atoms with Crippen molar-refractivity contribution in [3.63, 3.8) is 0 Å². The summed E-state index contributed by atoms with van der Waals surface area (Å²) >= 11 is 0. The van der Waals surface area contributed by atoms with Gasteiger partial charge < -0.3 is 14.2 Å². The molecule has 0 bridgehead atoms. The fourth-order valence-corrected chi connectivity index (χ4v) is 3.19. The molecule has 4 heteroatoms. The highest BCUT2D eigenvalue weighted by molar-refractivity contribution is 6.54. The van der Waals surface area contributed by atoms with Crippen molar-refractivity contribution >= 4 is 45.7 Å². The summed E-state index contributed by atoms with van der Waals surface area (Å²) in [5, 5.41) is 14.8. The number of aliphatic hydroxyl groups is 1. The summed E-state index contributed by atoms with van der Waals surface area (Å²) in [6.45, 7) is 7.38. The molecule has 1 aromatic heterocycles. The Bertz CT molecular complexity index is 1100. The summed E-state index contributed by atoms with van der Waals surface area (Å²) in [5.41, 5.74) is 1.22. The molecule has 26 heavy (non-hydrogen) atoms. The van der Waals surface area contributed by atoms with Crippen molar-refractivity contribution in [1.29, 1.82) is 0 Å². The van der Waals surface area contributed by atoms with Crippen molar-refractivity contribution in [2.24, 2.45) is 0 Å². The summed E-state index contributed by atoms with van der Waals surface area (Å²) < 4.78 is 12.4. The van der Waals surface area contributed by atoms with Crippen LogP contribution in [-0.2, 0) is 4.65 Å². The Balaban J connectivity index is 1.92. The van der Waals surface area contributed by atoms with E-state index in [-0.39, 0.29) is 0 Å². The zero-order chi connectivity index (χ0) is 18.5. The number of furan rings is 1. The summed E-state index contributed by atoms with van der Waals surface area (Å²) in [5.74, 6) is 0. The van der Waals surface area contributed by atoms with Crippen LogP contribution >= 0.6 is 0 Å². The van der Waals surface area contributed by atoms with E-state index in [0.29, 0.717) is 7.48 Å². The second kappa shape index (κ2) is 5.87. The number of benzene rings is 3. The second-order valence-electron chi connectivity index (χ2n) is 7.92. The van der Waals surface area contributed by atoms with Crippen LogP contribution in [0.3, 0.4) is 0 Å². The molecule has 0 aliphatic heterocycles. The number of fused-ring (bicyclic) bond motifs is 5. The highest BCUT2D eigenvalue weighted by Crippen LogP contribution is 2.33. The van der Waals surface area contributed by atoms with Gasteiger partial charge in [-0.15, -0.1) is 0 Å². The summed E-state index contributed by atoms with van der Waals surface area (Å²) in [6, 6.07) is 18.5. The van der Waals surface area contributed by atoms with Crippen LogP contribution < -0.4 is 5.46 Å². The molecule has 4 rings (SSSR count). The van der Waals surface area contributed by atoms with E-state index in [9.17, 15) is 5.11 Å². The minimum absolute atomic E-state index is 0.405. The summed E-state index contributed by atoms with van der Waals surface area (Å²) in [4.78, 5) is 0. The molecule has 0 aliphatic carbocycles. The van der Waals surface area contributed by atoms with Gasteiger partial charge in [-0.1, -0.05) is 48.5 Å². The number of para-hydroxylation sites is 1. The maximum absolute atomic E-state index is 10.4. The fraction of sp³-hybridized carbons (Fsp3) is 0.273. The zero-order valence-corrected chi connectivity index (χ0v) is 15.7. The van der Waals surface area contributed by atoms with E-state index < -0.39 is 11.2 Å². The van der Waals surface area contributed by atoms with Crippen molar-refractivity contribution in [3.8, 4) is 0 Å². The normalized spacial score (nSPS) is 13.0. The van der Waals surface area contributed by atoms with Crippen LogP contribution in [0.5, 0.6) is 0 Å². The summed E-state index contributed by atoms with van der Waals surface area (Å²) in [6.07, 6.45) is 0. The molecular formula is C22H23BO3. The Labute approximate surface area is 153 Å². The van der Waals surface area contributed by atoms with E-state index in [1.54, 1.807) is 13.8 Å². The number of hydrogen-bond acceptors (Lipinski definition) is 3. The molecule has 0 fully saturated rings. The van der Waals surface area contributed by atoms with E-state index in [2.05, 4.69) is 24.3 Å². The van der Waals surface area contributed by atoms with Crippen LogP contribution in [0.25, 0.3) is 32.7 Å². The van der Waals surface area contributed by atoms with Crippen molar-refractivity contribution in [1.82, 2.24) is 0 Å². The second-order valence-corrected chi connectivity index (χ2v) is 7.92. The lowest BCUT2D eigenvalue weighted by atomic mass is 9.79. The van der Waals surface area contributed by atoms with Gasteiger partial charge >= 0.3 is 7.48 Å². The van der Waals surface area contributed by atoms with E-state index in [1.807, 2.05) is 44.2 Å². The Hall–Kier alpha value is -2.30. The van der Waals surface area contributed by atoms with Crippen LogP contribution in [0.1, 0.15) is 27.7 Å². The van der Waals surface area contributed by atoms with E-state index in [4.69, 9.17) is 9.07 Å². The minimum atomic E-state index is -0.943. The standard InChI is InChI=1S/C22H23BO3/c1-21(2,24)22(3,4)26-23-17-13-14-9-5-6-10-15(14)20-19(17)16-11-7-8-12-18(16)25-20/h5-13,23-24H,1-4H3. The van der Waals surface area contributed by atoms with Crippen molar-refractivity contribution in [3.05, 3.63) is 54.6 Å². The molecule has 1 heterocycles. The van der Waals surface area contributed by atoms with Gasteiger partial charge in [-0.25, -0.2) is 0 Å². The van der Waals surface area contributed by atoms with Crippen LogP contribution in [0.4, 0.5) is 0 Å². The van der Waals surface area contributed by atoms with Gasteiger partial charge in [-0.05, 0) is 44.6 Å². The van der Waals surface area contributed by atoms with Gasteiger partial charge in [-0.2, -0.15) is 0 Å². The van der Waals surface area contributed by atoms with Crippen molar-refractivity contribution in [2.45, 2.75) is 38.9 Å². The molecule has 3 nitrogen and oxygen atoms in total. The Kier molecular flexibility index (Phi) is 3.87. The molecule has 3 aromatic carbocycles. The van der Waals surface area contributed by atoms with E-state index in [0.717, 1.165) is 38.2 Å². The monoisotopic (exact) mass is 346 g/mol. The quantitative estimate of drug-likeness (QED) is 0.561. The van der Waals surface area contributed by atoms with E-state index >= 15 is 0 Å². The van der Waals surface area contributed by atoms with Gasteiger partial charge in [-0.3, -0.25) is 0 Å². The first-order valence-corrected chi connectivity index (χ1v) is 8.96. The summed E-state index contributed by atoms with van der Waals surface area (Å²) in [7, 11) is 0.405. The van der Waals surface area contributed by atoms with Crippen molar-refractivity contribution in [2.75, 3.05) is 0 Å². The van der Waals surface area contributed by atoms with Gasteiger partial charge in [0.15, 0.2) is 0 Å². The first kappa shape index (κ1) is 17.1. The maximum Gasteiger partial charge on any atom is 0.310 e. The van der Waals surface area contributed by atoms with Crippen molar-refractivity contribution < 1.29 is 14.2 Å². The predicted molar refractivity (Wildman–Crippen MR) is 109 cm³/mol. The molecule has 4 aromatic rings. The maximum atomic E-state index is 10.4. The van der Waals surface area contributed by atoms with E-state index in [1.165, 1.54) is 0 Å². The molecule has 0 unspecified atom stereocenters. The first-order chi connectivity index (χ1) is 12.3. The third-order valence-electron chi connectivity index (χ3n) is 5.51. The molecule has 0 saturated carbocycles. The number of rotatable bonds is 4. The van der Waals surface area contributed by atoms with Gasteiger partial charge in [0.05, 0.1) is 11.2 Å². The van der Waals surface area contributed by atoms with Gasteiger partial charge in [0.1, 0.15) is 11.2 Å². The molecule has 0 spiro atoms. The fourth-order valence-electron chi connectivity index (χ4n) is 3.19. The molecule has 132 valence electrons. The third kappa shape index (κ3) is 2.70. The third-order valence-corrected chi connectivity index (χ3v) is 5.51. The van der Waals surface area contributed by atoms with Crippen LogP contribution in [0.15, 0.2) is 59.0 Å². The van der Waals surface area contributed by atoms with Crippen LogP contribution in [0.2, 0.25) is 0 Å². The molecule has 0 amide bonds. The lowest BCUT2D eigenvalue weighted by Crippen LogP contribution is -2.49. The number of hydrogen-bond donors (Lipinski definition) is 1. The molecule has 1 N–H and O–H groups in total. The highest BCUT2D eigenvalue weighted by atomic mass is 16.5. The Morgan fingerprint density at radius 3 is 2.31 bits per heavy atom. The predicted octanol–water partition coefficient (Wildman–Crippen LogP) is 4.28. The Morgan fingerprint density at radius 1 is 0.923 bits per heavy atom. The van der Waals surface area contributed by atoms with Gasteiger partial charge in [0.25, 0.3) is 0 Å². The van der Waals surface area contributed by atoms with Crippen LogP contribution in [-0.4, -0.2) is 23.8 Å². The molecule has 0 saturated heterocycles. The lowest BCUT2D eigenvalue weighted by Gasteiger charge is -2.37. The largest absolute Gasteiger partial charge is 0.455 e. The molecule has 0 atom stereocenters. The van der Waals surface area contributed by atoms with Gasteiger partial charge in [0.2, 0.25) is 0 Å². The zero-order valence-electron chi connectivity index (χ0n) is 15.7. The Morgan fingerprint density at radius 2 is 1.58 bits per heavy atom. The van der Waals surface area contributed by atoms with Gasteiger partial charge in [0, 0.05) is 16.2 Å².